The smallest absolute Gasteiger partial charge is 0.407 e. The molecule has 0 heterocycles. The minimum Gasteiger partial charge on any atom is -0.459 e. The molecule has 0 saturated heterocycles. The maximum Gasteiger partial charge on any atom is 0.407 e. The number of carbonyl (C=O) groups is 5. The average Bonchev–Trinajstić information content (AvgIpc) is 3.45. The van der Waals surface area contributed by atoms with Crippen LogP contribution in [0, 0.1) is 17.8 Å². The van der Waals surface area contributed by atoms with Gasteiger partial charge < -0.3 is 25.3 Å². The number of ether oxygens (including phenoxy) is 3. The van der Waals surface area contributed by atoms with Crippen LogP contribution in [-0.4, -0.2) is 67.4 Å². The number of halogens is 1. The van der Waals surface area contributed by atoms with Crippen molar-refractivity contribution in [3.8, 4) is 0 Å². The van der Waals surface area contributed by atoms with E-state index < -0.39 is 16.8 Å². The first-order valence-electron chi connectivity index (χ1n) is 13.4. The Morgan fingerprint density at radius 1 is 0.974 bits per heavy atom. The normalized spacial score (nSPS) is 22.2. The molecule has 0 aromatic carbocycles. The highest BCUT2D eigenvalue weighted by Gasteiger charge is 2.29. The van der Waals surface area contributed by atoms with Crippen LogP contribution in [0.5, 0.6) is 0 Å². The van der Waals surface area contributed by atoms with E-state index in [-0.39, 0.29) is 36.9 Å². The van der Waals surface area contributed by atoms with Crippen LogP contribution in [0.2, 0.25) is 0 Å². The van der Waals surface area contributed by atoms with E-state index in [9.17, 15) is 24.0 Å². The number of nitrogens with two attached hydrogens (primary N) is 1. The number of methoxy groups -OCH3 is 1. The number of ketones is 2. The summed E-state index contributed by atoms with van der Waals surface area (Å²) in [6.07, 6.45) is 7.96. The number of alkyl carbamates (subject to hydrolysis) is 1. The van der Waals surface area contributed by atoms with Crippen molar-refractivity contribution in [2.75, 3.05) is 26.9 Å². The third kappa shape index (κ3) is 16.0. The number of nitrogens with one attached hydrogen (secondary N) is 1. The van der Waals surface area contributed by atoms with Crippen molar-refractivity contribution < 1.29 is 38.2 Å². The van der Waals surface area contributed by atoms with E-state index in [0.717, 1.165) is 31.6 Å². The van der Waals surface area contributed by atoms with Gasteiger partial charge >= 0.3 is 17.3 Å². The van der Waals surface area contributed by atoms with Gasteiger partial charge in [-0.1, -0.05) is 32.6 Å². The summed E-state index contributed by atoms with van der Waals surface area (Å²) in [5.74, 6) is 0.130. The molecular formula is C27H47ClN2O8. The number of carbonyl (C=O) groups excluding carboxylic acids is 5. The molecule has 0 radical (unpaired) electrons. The van der Waals surface area contributed by atoms with E-state index in [1.165, 1.54) is 26.4 Å². The predicted octanol–water partition coefficient (Wildman–Crippen LogP) is 3.94. The summed E-state index contributed by atoms with van der Waals surface area (Å²) >= 11 is 4.69. The van der Waals surface area contributed by atoms with Gasteiger partial charge in [0.1, 0.15) is 12.2 Å². The third-order valence-corrected chi connectivity index (χ3v) is 6.62. The van der Waals surface area contributed by atoms with Crippen LogP contribution in [0.25, 0.3) is 0 Å². The van der Waals surface area contributed by atoms with Crippen LogP contribution >= 0.6 is 11.6 Å². The molecule has 0 spiro atoms. The number of hydrogen-bond donors (Lipinski definition) is 2. The van der Waals surface area contributed by atoms with Gasteiger partial charge in [0.15, 0.2) is 0 Å². The molecule has 2 rings (SSSR count). The summed E-state index contributed by atoms with van der Waals surface area (Å²) in [7, 11) is 1.43. The average molecular weight is 563 g/mol. The molecule has 3 N–H and O–H groups in total. The van der Waals surface area contributed by atoms with Gasteiger partial charge in [-0.2, -0.15) is 0 Å². The number of Topliss-reactive ketones (excluding diaryl/α,β-unsaturated/α-hetero) is 2. The summed E-state index contributed by atoms with van der Waals surface area (Å²) in [6, 6.07) is 0.199. The Bertz CT molecular complexity index is 769. The van der Waals surface area contributed by atoms with Gasteiger partial charge in [-0.25, -0.2) is 9.59 Å². The van der Waals surface area contributed by atoms with Crippen LogP contribution in [0.3, 0.4) is 0 Å². The summed E-state index contributed by atoms with van der Waals surface area (Å²) in [5, 5.41) is 1.82. The first-order valence-corrected chi connectivity index (χ1v) is 13.7. The molecule has 220 valence electrons. The van der Waals surface area contributed by atoms with E-state index in [4.69, 9.17) is 22.1 Å². The number of hydrogen-bond acceptors (Lipinski definition) is 9. The first kappa shape index (κ1) is 36.0. The second-order valence-electron chi connectivity index (χ2n) is 10.7. The van der Waals surface area contributed by atoms with Crippen molar-refractivity contribution in [1.82, 2.24) is 5.32 Å². The summed E-state index contributed by atoms with van der Waals surface area (Å²) in [5.41, 5.74) is 5.21. The Morgan fingerprint density at radius 2 is 1.58 bits per heavy atom. The predicted molar refractivity (Wildman–Crippen MR) is 145 cm³/mol. The minimum absolute atomic E-state index is 0.0704. The van der Waals surface area contributed by atoms with E-state index in [2.05, 4.69) is 21.7 Å². The Hall–Kier alpha value is -2.04. The molecule has 2 fully saturated rings. The largest absolute Gasteiger partial charge is 0.459 e. The monoisotopic (exact) mass is 562 g/mol. The molecule has 4 unspecified atom stereocenters. The van der Waals surface area contributed by atoms with Crippen LogP contribution in [0.15, 0.2) is 0 Å². The van der Waals surface area contributed by atoms with Crippen LogP contribution in [0.4, 0.5) is 4.79 Å². The summed E-state index contributed by atoms with van der Waals surface area (Å²) in [6.45, 7) is 10.2. The van der Waals surface area contributed by atoms with E-state index in [0.29, 0.717) is 24.8 Å². The lowest BCUT2D eigenvalue weighted by atomic mass is 9.92. The minimum atomic E-state index is -1.08. The lowest BCUT2D eigenvalue weighted by molar-refractivity contribution is -0.149. The van der Waals surface area contributed by atoms with Gasteiger partial charge in [-0.15, -0.1) is 0 Å². The Kier molecular flexibility index (Phi) is 18.1. The molecule has 10 nitrogen and oxygen atoms in total. The zero-order valence-corrected chi connectivity index (χ0v) is 24.6. The number of amides is 1. The van der Waals surface area contributed by atoms with Gasteiger partial charge in [0.25, 0.3) is 0 Å². The molecule has 4 atom stereocenters. The van der Waals surface area contributed by atoms with Crippen LogP contribution in [-0.2, 0) is 33.4 Å². The lowest BCUT2D eigenvalue weighted by Crippen LogP contribution is -2.42. The molecule has 0 bridgehead atoms. The second-order valence-corrected chi connectivity index (χ2v) is 11.0. The highest BCUT2D eigenvalue weighted by atomic mass is 35.5. The Morgan fingerprint density at radius 3 is 2.03 bits per heavy atom. The van der Waals surface area contributed by atoms with Crippen LogP contribution in [0.1, 0.15) is 86.0 Å². The highest BCUT2D eigenvalue weighted by molar-refractivity contribution is 6.80. The SMILES string of the molecule is CC(C)(C)OC(=O)NC1CCCC1CN.CCOC(=O)C(=O)Cl.COCC(=O)C(=O)CCC1CCCC1C. The van der Waals surface area contributed by atoms with E-state index in [1.54, 1.807) is 6.92 Å². The van der Waals surface area contributed by atoms with Gasteiger partial charge in [0.05, 0.1) is 6.61 Å². The maximum atomic E-state index is 11.5. The van der Waals surface area contributed by atoms with Crippen LogP contribution < -0.4 is 11.1 Å². The molecule has 2 aliphatic rings. The zero-order chi connectivity index (χ0) is 29.3. The van der Waals surface area contributed by atoms with Crippen molar-refractivity contribution in [1.29, 1.82) is 0 Å². The van der Waals surface area contributed by atoms with Crippen molar-refractivity contribution in [3.05, 3.63) is 0 Å². The topological polar surface area (TPSA) is 151 Å². The quantitative estimate of drug-likeness (QED) is 0.229. The standard InChI is InChI=1S/C12H20O3.C11H22N2O2.C4H5ClO3/c1-9-4-3-5-10(9)6-7-11(13)12(14)8-15-2;1-11(2,3)15-10(14)13-9-6-4-5-8(9)7-12;1-2-8-4(7)3(5)6/h9-10H,3-8H2,1-2H3;8-9H,4-7,12H2,1-3H3,(H,13,14);2H2,1H3. The fourth-order valence-corrected chi connectivity index (χ4v) is 4.53. The van der Waals surface area contributed by atoms with Gasteiger partial charge in [-0.05, 0) is 82.9 Å². The van der Waals surface area contributed by atoms with Gasteiger partial charge in [-0.3, -0.25) is 14.4 Å². The van der Waals surface area contributed by atoms with Gasteiger partial charge in [0, 0.05) is 19.6 Å². The number of rotatable bonds is 10. The highest BCUT2D eigenvalue weighted by Crippen LogP contribution is 2.34. The molecule has 38 heavy (non-hydrogen) atoms. The summed E-state index contributed by atoms with van der Waals surface area (Å²) in [4.78, 5) is 53.9. The zero-order valence-electron chi connectivity index (χ0n) is 23.8. The van der Waals surface area contributed by atoms with E-state index >= 15 is 0 Å². The van der Waals surface area contributed by atoms with Gasteiger partial charge in [0.2, 0.25) is 11.6 Å². The van der Waals surface area contributed by atoms with Crippen molar-refractivity contribution >= 4 is 40.5 Å². The van der Waals surface area contributed by atoms with Crippen molar-refractivity contribution in [2.45, 2.75) is 97.6 Å². The molecule has 0 aromatic rings. The first-order chi connectivity index (χ1) is 17.7. The van der Waals surface area contributed by atoms with Crippen molar-refractivity contribution in [2.24, 2.45) is 23.5 Å². The fraction of sp³-hybridized carbons (Fsp3) is 0.815. The Balaban J connectivity index is 0.000000569. The molecular weight excluding hydrogens is 516 g/mol. The summed E-state index contributed by atoms with van der Waals surface area (Å²) < 4.78 is 14.0. The molecule has 0 aliphatic heterocycles. The number of esters is 1. The molecule has 1 amide bonds. The molecule has 2 aliphatic carbocycles. The second kappa shape index (κ2) is 19.1. The van der Waals surface area contributed by atoms with Crippen molar-refractivity contribution in [3.63, 3.8) is 0 Å². The Labute approximate surface area is 232 Å². The molecule has 2 saturated carbocycles. The fourth-order valence-electron chi connectivity index (χ4n) is 4.47. The third-order valence-electron chi connectivity index (χ3n) is 6.47. The van der Waals surface area contributed by atoms with E-state index in [1.807, 2.05) is 20.8 Å². The molecule has 0 aromatic heterocycles. The molecule has 11 heteroatoms. The lowest BCUT2D eigenvalue weighted by Gasteiger charge is -2.24. The maximum absolute atomic E-state index is 11.5.